The van der Waals surface area contributed by atoms with Gasteiger partial charge in [0.25, 0.3) is 0 Å². The van der Waals surface area contributed by atoms with Crippen molar-refractivity contribution in [2.45, 2.75) is 6.54 Å². The molecular weight excluding hydrogens is 327 g/mol. The third kappa shape index (κ3) is 4.41. The first-order valence-corrected chi connectivity index (χ1v) is 6.97. The van der Waals surface area contributed by atoms with Crippen LogP contribution in [0.3, 0.4) is 0 Å². The van der Waals surface area contributed by atoms with Crippen LogP contribution in [0.25, 0.3) is 0 Å². The summed E-state index contributed by atoms with van der Waals surface area (Å²) in [5, 5.41) is 3.43. The Balaban J connectivity index is 2.32. The minimum atomic E-state index is -0.683. The third-order valence-corrected chi connectivity index (χ3v) is 3.08. The summed E-state index contributed by atoms with van der Waals surface area (Å²) in [7, 11) is 1.30. The number of aromatic nitrogens is 2. The molecule has 0 aliphatic rings. The zero-order chi connectivity index (χ0) is 15.9. The zero-order valence-corrected chi connectivity index (χ0v) is 13.1. The molecule has 0 N–H and O–H groups in total. The Bertz CT molecular complexity index is 754. The van der Waals surface area contributed by atoms with E-state index in [1.54, 1.807) is 35.2 Å². The van der Waals surface area contributed by atoms with E-state index in [-0.39, 0.29) is 5.17 Å². The molecule has 114 valence electrons. The van der Waals surface area contributed by atoms with Crippen LogP contribution >= 0.6 is 23.2 Å². The Hall–Kier alpha value is -2.18. The van der Waals surface area contributed by atoms with Gasteiger partial charge in [-0.05, 0) is 23.8 Å². The second-order valence-corrected chi connectivity index (χ2v) is 4.90. The lowest BCUT2D eigenvalue weighted by Crippen LogP contribution is -2.23. The van der Waals surface area contributed by atoms with Gasteiger partial charge in [-0.3, -0.25) is 4.79 Å². The van der Waals surface area contributed by atoms with Crippen molar-refractivity contribution in [1.29, 1.82) is 0 Å². The van der Waals surface area contributed by atoms with Crippen molar-refractivity contribution in [2.24, 2.45) is 10.1 Å². The van der Waals surface area contributed by atoms with Gasteiger partial charge in [0, 0.05) is 12.4 Å². The van der Waals surface area contributed by atoms with Crippen LogP contribution in [0.4, 0.5) is 0 Å². The fraction of sp³-hybridized carbons (Fsp3) is 0.143. The average Bonchev–Trinajstić information content (AvgIpc) is 2.51. The summed E-state index contributed by atoms with van der Waals surface area (Å²) >= 11 is 11.4. The second-order valence-electron chi connectivity index (χ2n) is 4.16. The van der Waals surface area contributed by atoms with E-state index in [9.17, 15) is 4.79 Å². The molecule has 0 spiro atoms. The van der Waals surface area contributed by atoms with E-state index in [0.29, 0.717) is 17.2 Å². The number of hydrogen-bond donors (Lipinski definition) is 0. The van der Waals surface area contributed by atoms with E-state index in [1.165, 1.54) is 7.11 Å². The Morgan fingerprint density at radius 3 is 2.86 bits per heavy atom. The molecule has 0 radical (unpaired) electrons. The van der Waals surface area contributed by atoms with Crippen LogP contribution < -0.4 is 5.49 Å². The highest BCUT2D eigenvalue weighted by Crippen LogP contribution is 2.06. The lowest BCUT2D eigenvalue weighted by Gasteiger charge is -2.07. The molecule has 0 aliphatic carbocycles. The molecule has 0 fully saturated rings. The van der Waals surface area contributed by atoms with Crippen molar-refractivity contribution in [3.63, 3.8) is 0 Å². The van der Waals surface area contributed by atoms with Crippen molar-refractivity contribution in [3.8, 4) is 0 Å². The van der Waals surface area contributed by atoms with Crippen LogP contribution in [0, 0.1) is 0 Å². The summed E-state index contributed by atoms with van der Waals surface area (Å²) in [4.78, 5) is 24.2. The summed E-state index contributed by atoms with van der Waals surface area (Å²) in [6.45, 7) is 0.482. The molecule has 0 aliphatic heterocycles. The minimum absolute atomic E-state index is 0.342. The smallest absolute Gasteiger partial charge is 0.312 e. The molecular formula is C14H12Cl2N4O2. The van der Waals surface area contributed by atoms with Crippen molar-refractivity contribution >= 4 is 34.3 Å². The number of pyridine rings is 2. The number of nitrogens with zero attached hydrogens (tertiary/aromatic N) is 4. The Kier molecular flexibility index (Phi) is 5.68. The highest BCUT2D eigenvalue weighted by atomic mass is 35.5. The molecule has 2 aromatic heterocycles. The van der Waals surface area contributed by atoms with E-state index in [4.69, 9.17) is 23.2 Å². The minimum Gasteiger partial charge on any atom is -0.398 e. The molecule has 6 nitrogen and oxygen atoms in total. The van der Waals surface area contributed by atoms with E-state index in [1.807, 2.05) is 12.1 Å². The molecule has 2 heterocycles. The van der Waals surface area contributed by atoms with Gasteiger partial charge in [0.05, 0.1) is 6.54 Å². The molecule has 0 bridgehead atoms. The first-order valence-electron chi connectivity index (χ1n) is 6.22. The van der Waals surface area contributed by atoms with Gasteiger partial charge >= 0.3 is 5.91 Å². The van der Waals surface area contributed by atoms with E-state index in [0.717, 1.165) is 5.56 Å². The normalized spacial score (nSPS) is 12.3. The average molecular weight is 339 g/mol. The van der Waals surface area contributed by atoms with Gasteiger partial charge in [-0.15, -0.1) is 0 Å². The number of amides is 1. The monoisotopic (exact) mass is 338 g/mol. The predicted molar refractivity (Wildman–Crippen MR) is 83.6 cm³/mol. The molecule has 2 aromatic rings. The molecule has 0 saturated carbocycles. The summed E-state index contributed by atoms with van der Waals surface area (Å²) in [6.07, 6.45) is 3.45. The van der Waals surface area contributed by atoms with Gasteiger partial charge in [-0.25, -0.2) is 4.98 Å². The van der Waals surface area contributed by atoms with Crippen molar-refractivity contribution in [3.05, 3.63) is 58.9 Å². The summed E-state index contributed by atoms with van der Waals surface area (Å²) in [5.74, 6) is -0.683. The Labute approximate surface area is 136 Å². The summed E-state index contributed by atoms with van der Waals surface area (Å²) in [5.41, 5.74) is 1.35. The van der Waals surface area contributed by atoms with Crippen LogP contribution in [0.15, 0.2) is 52.9 Å². The van der Waals surface area contributed by atoms with E-state index < -0.39 is 5.91 Å². The molecule has 1 amide bonds. The van der Waals surface area contributed by atoms with Gasteiger partial charge in [-0.1, -0.05) is 40.5 Å². The predicted octanol–water partition coefficient (Wildman–Crippen LogP) is 2.21. The standard InChI is InChI=1S/C14H12Cl2N4O2/c1-22-19-13(16)14(21)18-12-4-2-3-7-20(12)9-10-5-6-11(15)17-8-10/h2-8H,9H2,1H3. The maximum absolute atomic E-state index is 11.8. The van der Waals surface area contributed by atoms with Crippen LogP contribution in [0.2, 0.25) is 5.15 Å². The quantitative estimate of drug-likeness (QED) is 0.487. The Morgan fingerprint density at radius 2 is 2.18 bits per heavy atom. The van der Waals surface area contributed by atoms with Gasteiger partial charge < -0.3 is 9.40 Å². The van der Waals surface area contributed by atoms with E-state index >= 15 is 0 Å². The van der Waals surface area contributed by atoms with Gasteiger partial charge in [0.2, 0.25) is 5.17 Å². The molecule has 8 heteroatoms. The lowest BCUT2D eigenvalue weighted by atomic mass is 10.3. The maximum Gasteiger partial charge on any atom is 0.312 e. The largest absolute Gasteiger partial charge is 0.398 e. The number of rotatable bonds is 4. The first-order chi connectivity index (χ1) is 10.6. The zero-order valence-electron chi connectivity index (χ0n) is 11.6. The Morgan fingerprint density at radius 1 is 1.36 bits per heavy atom. The van der Waals surface area contributed by atoms with Crippen LogP contribution in [0.5, 0.6) is 0 Å². The SMILES string of the molecule is CON=C(Cl)C(=O)N=c1ccccn1Cc1ccc(Cl)nc1. The van der Waals surface area contributed by atoms with E-state index in [2.05, 4.69) is 20.0 Å². The number of carbonyl (C=O) groups is 1. The molecule has 2 rings (SSSR count). The van der Waals surface area contributed by atoms with Gasteiger partial charge in [-0.2, -0.15) is 4.99 Å². The molecule has 0 atom stereocenters. The molecule has 0 unspecified atom stereocenters. The maximum atomic E-state index is 11.8. The summed E-state index contributed by atoms with van der Waals surface area (Å²) < 4.78 is 1.78. The highest BCUT2D eigenvalue weighted by Gasteiger charge is 2.08. The number of oxime groups is 1. The van der Waals surface area contributed by atoms with Crippen molar-refractivity contribution < 1.29 is 9.63 Å². The van der Waals surface area contributed by atoms with Gasteiger partial charge in [0.15, 0.2) is 0 Å². The fourth-order valence-corrected chi connectivity index (χ4v) is 1.89. The van der Waals surface area contributed by atoms with Crippen LogP contribution in [-0.4, -0.2) is 27.7 Å². The topological polar surface area (TPSA) is 68.8 Å². The van der Waals surface area contributed by atoms with Crippen molar-refractivity contribution in [2.75, 3.05) is 7.11 Å². The number of halogens is 2. The summed E-state index contributed by atoms with van der Waals surface area (Å²) in [6, 6.07) is 8.84. The highest BCUT2D eigenvalue weighted by molar-refractivity contribution is 6.82. The molecule has 0 saturated heterocycles. The number of hydrogen-bond acceptors (Lipinski definition) is 4. The molecule has 0 aromatic carbocycles. The van der Waals surface area contributed by atoms with Crippen molar-refractivity contribution in [1.82, 2.24) is 9.55 Å². The van der Waals surface area contributed by atoms with Gasteiger partial charge in [0.1, 0.15) is 17.8 Å². The number of carbonyl (C=O) groups excluding carboxylic acids is 1. The molecule has 22 heavy (non-hydrogen) atoms. The first kappa shape index (κ1) is 16.2. The fourth-order valence-electron chi connectivity index (χ4n) is 1.67. The van der Waals surface area contributed by atoms with Crippen LogP contribution in [-0.2, 0) is 16.2 Å². The van der Waals surface area contributed by atoms with Crippen LogP contribution in [0.1, 0.15) is 5.56 Å². The third-order valence-electron chi connectivity index (χ3n) is 2.62. The lowest BCUT2D eigenvalue weighted by molar-refractivity contribution is -0.112. The second kappa shape index (κ2) is 7.72.